The molecular formula is C16H17ClF2N2O2. The molecule has 2 rings (SSSR count). The highest BCUT2D eigenvalue weighted by Gasteiger charge is 2.04. The van der Waals surface area contributed by atoms with Crippen LogP contribution in [0.1, 0.15) is 11.1 Å². The average Bonchev–Trinajstić information content (AvgIpc) is 2.50. The molecule has 0 unspecified atom stereocenters. The fraction of sp³-hybridized carbons (Fsp3) is 0.188. The summed E-state index contributed by atoms with van der Waals surface area (Å²) in [6.45, 7) is 0.548. The van der Waals surface area contributed by atoms with E-state index in [9.17, 15) is 13.6 Å². The van der Waals surface area contributed by atoms with Gasteiger partial charge in [-0.1, -0.05) is 12.1 Å². The molecular weight excluding hydrogens is 326 g/mol. The Morgan fingerprint density at radius 3 is 2.43 bits per heavy atom. The van der Waals surface area contributed by atoms with Gasteiger partial charge in [-0.15, -0.1) is 12.4 Å². The lowest BCUT2D eigenvalue weighted by atomic mass is 10.2. The van der Waals surface area contributed by atoms with Crippen molar-refractivity contribution in [2.24, 2.45) is 5.73 Å². The third kappa shape index (κ3) is 6.22. The Bertz CT molecular complexity index is 651. The molecule has 7 heteroatoms. The molecule has 0 aliphatic heterocycles. The quantitative estimate of drug-likeness (QED) is 0.812. The molecule has 0 aromatic heterocycles. The first-order valence-electron chi connectivity index (χ1n) is 6.69. The van der Waals surface area contributed by atoms with Gasteiger partial charge >= 0.3 is 0 Å². The molecule has 0 aliphatic carbocycles. The lowest BCUT2D eigenvalue weighted by molar-refractivity contribution is -0.119. The third-order valence-corrected chi connectivity index (χ3v) is 2.96. The zero-order valence-corrected chi connectivity index (χ0v) is 13.0. The maximum atomic E-state index is 13.4. The summed E-state index contributed by atoms with van der Waals surface area (Å²) in [4.78, 5) is 10.6. The van der Waals surface area contributed by atoms with Crippen molar-refractivity contribution in [2.75, 3.05) is 6.61 Å². The topological polar surface area (TPSA) is 64.4 Å². The molecule has 0 heterocycles. The molecule has 2 aromatic carbocycles. The van der Waals surface area contributed by atoms with E-state index in [4.69, 9.17) is 10.5 Å². The van der Waals surface area contributed by atoms with Crippen LogP contribution in [-0.2, 0) is 17.9 Å². The summed E-state index contributed by atoms with van der Waals surface area (Å²) in [5.74, 6) is -0.903. The monoisotopic (exact) mass is 342 g/mol. The van der Waals surface area contributed by atoms with E-state index in [1.54, 1.807) is 12.1 Å². The Kier molecular flexibility index (Phi) is 7.44. The maximum absolute atomic E-state index is 13.4. The highest BCUT2D eigenvalue weighted by molar-refractivity contribution is 5.85. The highest BCUT2D eigenvalue weighted by atomic mass is 35.5. The van der Waals surface area contributed by atoms with Crippen LogP contribution in [0.25, 0.3) is 0 Å². The molecule has 0 saturated heterocycles. The zero-order chi connectivity index (χ0) is 15.9. The summed E-state index contributed by atoms with van der Waals surface area (Å²) < 4.78 is 31.6. The van der Waals surface area contributed by atoms with E-state index in [1.807, 2.05) is 12.1 Å². The van der Waals surface area contributed by atoms with Crippen molar-refractivity contribution in [1.82, 2.24) is 5.32 Å². The molecule has 3 N–H and O–H groups in total. The van der Waals surface area contributed by atoms with Gasteiger partial charge in [0.05, 0.1) is 0 Å². The Morgan fingerprint density at radius 2 is 1.78 bits per heavy atom. The first-order chi connectivity index (χ1) is 10.5. The van der Waals surface area contributed by atoms with Gasteiger partial charge in [0.15, 0.2) is 6.61 Å². The van der Waals surface area contributed by atoms with Crippen LogP contribution < -0.4 is 15.8 Å². The molecule has 1 amide bonds. The Labute approximate surface area is 139 Å². The van der Waals surface area contributed by atoms with Gasteiger partial charge in [-0.3, -0.25) is 4.79 Å². The van der Waals surface area contributed by atoms with Crippen LogP contribution in [0.2, 0.25) is 0 Å². The molecule has 0 saturated carbocycles. The van der Waals surface area contributed by atoms with Crippen LogP contribution in [0.5, 0.6) is 5.75 Å². The number of ether oxygens (including phenoxy) is 1. The summed E-state index contributed by atoms with van der Waals surface area (Å²) in [6, 6.07) is 10.4. The fourth-order valence-electron chi connectivity index (χ4n) is 1.88. The molecule has 2 aromatic rings. The van der Waals surface area contributed by atoms with Crippen LogP contribution in [0.3, 0.4) is 0 Å². The average molecular weight is 343 g/mol. The van der Waals surface area contributed by atoms with E-state index in [2.05, 4.69) is 5.32 Å². The molecule has 0 aliphatic rings. The number of halogens is 3. The number of nitrogens with one attached hydrogen (secondary N) is 1. The molecule has 124 valence electrons. The number of hydrogen-bond acceptors (Lipinski definition) is 3. The number of benzene rings is 2. The molecule has 0 atom stereocenters. The minimum Gasteiger partial charge on any atom is -0.484 e. The standard InChI is InChI=1S/C16H16F2N2O2.ClH/c17-13-3-6-15(18)12(7-13)9-20-8-11-1-4-14(5-2-11)22-10-16(19)21;/h1-7,20H,8-10H2,(H2,19,21);1H. The van der Waals surface area contributed by atoms with Crippen molar-refractivity contribution in [3.05, 3.63) is 65.2 Å². The van der Waals surface area contributed by atoms with Gasteiger partial charge < -0.3 is 15.8 Å². The number of hydrogen-bond donors (Lipinski definition) is 2. The van der Waals surface area contributed by atoms with E-state index >= 15 is 0 Å². The van der Waals surface area contributed by atoms with Crippen LogP contribution in [0, 0.1) is 11.6 Å². The second kappa shape index (κ2) is 9.07. The molecule has 4 nitrogen and oxygen atoms in total. The number of amides is 1. The Morgan fingerprint density at radius 1 is 1.09 bits per heavy atom. The predicted molar refractivity (Wildman–Crippen MR) is 85.3 cm³/mol. The first kappa shape index (κ1) is 18.9. The molecule has 23 heavy (non-hydrogen) atoms. The molecule has 0 fully saturated rings. The number of carbonyl (C=O) groups excluding carboxylic acids is 1. The lowest BCUT2D eigenvalue weighted by Crippen LogP contribution is -2.20. The minimum absolute atomic E-state index is 0. The number of nitrogens with two attached hydrogens (primary N) is 1. The second-order valence-corrected chi connectivity index (χ2v) is 4.74. The molecule has 0 spiro atoms. The van der Waals surface area contributed by atoms with E-state index in [-0.39, 0.29) is 31.1 Å². The van der Waals surface area contributed by atoms with Crippen molar-refractivity contribution in [3.8, 4) is 5.75 Å². The summed E-state index contributed by atoms with van der Waals surface area (Å²) in [5, 5.41) is 3.03. The molecule has 0 radical (unpaired) electrons. The van der Waals surface area contributed by atoms with Crippen molar-refractivity contribution >= 4 is 18.3 Å². The van der Waals surface area contributed by atoms with Gasteiger partial charge in [0.1, 0.15) is 17.4 Å². The number of rotatable bonds is 7. The summed E-state index contributed by atoms with van der Waals surface area (Å²) in [5.41, 5.74) is 6.21. The van der Waals surface area contributed by atoms with E-state index in [0.717, 1.165) is 17.7 Å². The fourth-order valence-corrected chi connectivity index (χ4v) is 1.88. The second-order valence-electron chi connectivity index (χ2n) is 4.74. The lowest BCUT2D eigenvalue weighted by Gasteiger charge is -2.08. The highest BCUT2D eigenvalue weighted by Crippen LogP contribution is 2.13. The van der Waals surface area contributed by atoms with Gasteiger partial charge in [0, 0.05) is 18.7 Å². The van der Waals surface area contributed by atoms with E-state index in [0.29, 0.717) is 12.3 Å². The van der Waals surface area contributed by atoms with Crippen molar-refractivity contribution < 1.29 is 18.3 Å². The largest absolute Gasteiger partial charge is 0.484 e. The minimum atomic E-state index is -0.539. The van der Waals surface area contributed by atoms with Gasteiger partial charge in [0.2, 0.25) is 0 Å². The summed E-state index contributed by atoms with van der Waals surface area (Å²) >= 11 is 0. The van der Waals surface area contributed by atoms with Crippen molar-refractivity contribution in [1.29, 1.82) is 0 Å². The van der Waals surface area contributed by atoms with Crippen LogP contribution >= 0.6 is 12.4 Å². The first-order valence-corrected chi connectivity index (χ1v) is 6.69. The van der Waals surface area contributed by atoms with E-state index in [1.165, 1.54) is 6.07 Å². The Hall–Kier alpha value is -2.18. The van der Waals surface area contributed by atoms with Crippen LogP contribution in [0.15, 0.2) is 42.5 Å². The maximum Gasteiger partial charge on any atom is 0.255 e. The number of primary amides is 1. The third-order valence-electron chi connectivity index (χ3n) is 2.96. The van der Waals surface area contributed by atoms with Gasteiger partial charge in [-0.25, -0.2) is 8.78 Å². The van der Waals surface area contributed by atoms with Crippen molar-refractivity contribution in [3.63, 3.8) is 0 Å². The van der Waals surface area contributed by atoms with Gasteiger partial charge in [0.25, 0.3) is 5.91 Å². The van der Waals surface area contributed by atoms with Crippen LogP contribution in [-0.4, -0.2) is 12.5 Å². The Balaban J connectivity index is 0.00000264. The zero-order valence-electron chi connectivity index (χ0n) is 12.2. The predicted octanol–water partition coefficient (Wildman–Crippen LogP) is 2.54. The SMILES string of the molecule is Cl.NC(=O)COc1ccc(CNCc2cc(F)ccc2F)cc1. The normalized spacial score (nSPS) is 10.0. The smallest absolute Gasteiger partial charge is 0.255 e. The van der Waals surface area contributed by atoms with Gasteiger partial charge in [-0.05, 0) is 35.9 Å². The summed E-state index contributed by atoms with van der Waals surface area (Å²) in [6.07, 6.45) is 0. The number of carbonyl (C=O) groups is 1. The summed E-state index contributed by atoms with van der Waals surface area (Å²) in [7, 11) is 0. The van der Waals surface area contributed by atoms with Gasteiger partial charge in [-0.2, -0.15) is 0 Å². The van der Waals surface area contributed by atoms with Crippen molar-refractivity contribution in [2.45, 2.75) is 13.1 Å². The van der Waals surface area contributed by atoms with Crippen LogP contribution in [0.4, 0.5) is 8.78 Å². The molecule has 0 bridgehead atoms. The van der Waals surface area contributed by atoms with E-state index < -0.39 is 17.5 Å².